The van der Waals surface area contributed by atoms with E-state index in [1.807, 2.05) is 0 Å². The van der Waals surface area contributed by atoms with Gasteiger partial charge in [-0.25, -0.2) is 17.6 Å². The largest absolute Gasteiger partial charge is 0.493 e. The first-order valence-electron chi connectivity index (χ1n) is 14.1. The number of carbonyl (C=O) groups is 2. The van der Waals surface area contributed by atoms with Crippen molar-refractivity contribution in [3.8, 4) is 5.75 Å². The van der Waals surface area contributed by atoms with E-state index in [1.165, 1.54) is 29.7 Å². The van der Waals surface area contributed by atoms with Crippen molar-refractivity contribution in [3.63, 3.8) is 0 Å². The van der Waals surface area contributed by atoms with Crippen molar-refractivity contribution >= 4 is 50.8 Å². The predicted molar refractivity (Wildman–Crippen MR) is 167 cm³/mol. The molecule has 3 aromatic rings. The molecule has 13 heteroatoms. The quantitative estimate of drug-likeness (QED) is 0.344. The Hall–Kier alpha value is -3.67. The van der Waals surface area contributed by atoms with E-state index in [0.717, 1.165) is 6.07 Å². The molecule has 232 valence electrons. The molecule has 0 aromatic heterocycles. The van der Waals surface area contributed by atoms with Gasteiger partial charge in [0, 0.05) is 29.2 Å². The van der Waals surface area contributed by atoms with E-state index in [4.69, 9.17) is 32.9 Å². The van der Waals surface area contributed by atoms with Gasteiger partial charge in [0.1, 0.15) is 34.9 Å². The third-order valence-electron chi connectivity index (χ3n) is 7.51. The number of amidine groups is 1. The fourth-order valence-corrected chi connectivity index (χ4v) is 6.64. The molecule has 3 amide bonds. The topological polar surface area (TPSA) is 108 Å². The number of nitrogens with one attached hydrogen (secondary N) is 1. The lowest BCUT2D eigenvalue weighted by atomic mass is 9.93. The normalized spacial score (nSPS) is 18.8. The SMILES string of the molecule is CCOc1cc(F)c(S(=O)(=O)C(C)C)cc1C1=NC(c2ccc(Cl)cc2)C(c2ccc(Cl)cc2)N1C(=O)N1CCNC(=O)C1. The van der Waals surface area contributed by atoms with Crippen molar-refractivity contribution in [1.82, 2.24) is 15.1 Å². The molecule has 2 heterocycles. The Morgan fingerprint density at radius 3 is 2.25 bits per heavy atom. The number of hydrogen-bond acceptors (Lipinski definition) is 6. The molecule has 1 fully saturated rings. The molecule has 1 N–H and O–H groups in total. The molecule has 0 radical (unpaired) electrons. The van der Waals surface area contributed by atoms with Crippen LogP contribution in [0.25, 0.3) is 0 Å². The van der Waals surface area contributed by atoms with Gasteiger partial charge in [-0.2, -0.15) is 0 Å². The average Bonchev–Trinajstić information content (AvgIpc) is 3.38. The molecular formula is C31H31Cl2FN4O5S. The van der Waals surface area contributed by atoms with Gasteiger partial charge in [-0.3, -0.25) is 14.7 Å². The number of ether oxygens (including phenoxy) is 1. The summed E-state index contributed by atoms with van der Waals surface area (Å²) in [6.45, 7) is 5.08. The first kappa shape index (κ1) is 31.7. The Kier molecular flexibility index (Phi) is 9.20. The summed E-state index contributed by atoms with van der Waals surface area (Å²) >= 11 is 12.4. The molecular weight excluding hydrogens is 630 g/mol. The smallest absolute Gasteiger partial charge is 0.326 e. The Morgan fingerprint density at radius 1 is 1.07 bits per heavy atom. The minimum absolute atomic E-state index is 0.0206. The second kappa shape index (κ2) is 12.7. The number of aliphatic imine (C=N–C) groups is 1. The van der Waals surface area contributed by atoms with Crippen LogP contribution in [-0.2, 0) is 14.6 Å². The van der Waals surface area contributed by atoms with E-state index in [0.29, 0.717) is 21.2 Å². The highest BCUT2D eigenvalue weighted by molar-refractivity contribution is 7.92. The van der Waals surface area contributed by atoms with Crippen molar-refractivity contribution in [1.29, 1.82) is 0 Å². The third-order valence-corrected chi connectivity index (χ3v) is 10.2. The summed E-state index contributed by atoms with van der Waals surface area (Å²) in [5, 5.41) is 2.80. The van der Waals surface area contributed by atoms with Crippen molar-refractivity contribution in [3.05, 3.63) is 93.2 Å². The lowest BCUT2D eigenvalue weighted by Gasteiger charge is -2.36. The Bertz CT molecular complexity index is 1720. The Morgan fingerprint density at radius 2 is 1.68 bits per heavy atom. The number of piperazine rings is 1. The number of amides is 3. The van der Waals surface area contributed by atoms with Crippen LogP contribution in [0.3, 0.4) is 0 Å². The molecule has 0 saturated carbocycles. The number of rotatable bonds is 7. The number of hydrogen-bond donors (Lipinski definition) is 1. The molecule has 44 heavy (non-hydrogen) atoms. The summed E-state index contributed by atoms with van der Waals surface area (Å²) in [6, 6.07) is 14.2. The van der Waals surface area contributed by atoms with Crippen molar-refractivity contribution < 1.29 is 27.1 Å². The molecule has 0 spiro atoms. The van der Waals surface area contributed by atoms with Gasteiger partial charge in [-0.15, -0.1) is 0 Å². The van der Waals surface area contributed by atoms with Crippen LogP contribution in [0.15, 0.2) is 70.6 Å². The van der Waals surface area contributed by atoms with Crippen LogP contribution in [0.1, 0.15) is 49.5 Å². The van der Waals surface area contributed by atoms with Gasteiger partial charge in [0.05, 0.1) is 23.5 Å². The summed E-state index contributed by atoms with van der Waals surface area (Å²) in [7, 11) is -4.08. The van der Waals surface area contributed by atoms with Gasteiger partial charge in [0.25, 0.3) is 0 Å². The van der Waals surface area contributed by atoms with Crippen LogP contribution < -0.4 is 10.1 Å². The third kappa shape index (κ3) is 6.13. The van der Waals surface area contributed by atoms with E-state index in [-0.39, 0.29) is 49.3 Å². The minimum Gasteiger partial charge on any atom is -0.493 e. The second-order valence-electron chi connectivity index (χ2n) is 10.7. The lowest BCUT2D eigenvalue weighted by Crippen LogP contribution is -2.55. The molecule has 9 nitrogen and oxygen atoms in total. The Balaban J connectivity index is 1.78. The fourth-order valence-electron chi connectivity index (χ4n) is 5.27. The number of halogens is 3. The van der Waals surface area contributed by atoms with Crippen molar-refractivity contribution in [2.24, 2.45) is 4.99 Å². The summed E-state index contributed by atoms with van der Waals surface area (Å²) < 4.78 is 47.7. The first-order valence-corrected chi connectivity index (χ1v) is 16.4. The van der Waals surface area contributed by atoms with Gasteiger partial charge in [-0.05, 0) is 62.2 Å². The van der Waals surface area contributed by atoms with Gasteiger partial charge >= 0.3 is 6.03 Å². The zero-order valence-electron chi connectivity index (χ0n) is 24.3. The maximum atomic E-state index is 15.4. The van der Waals surface area contributed by atoms with E-state index in [1.54, 1.807) is 55.5 Å². The van der Waals surface area contributed by atoms with Crippen LogP contribution in [0.4, 0.5) is 9.18 Å². The zero-order chi connectivity index (χ0) is 31.8. The highest BCUT2D eigenvalue weighted by Gasteiger charge is 2.45. The standard InChI is InChI=1S/C31H31Cl2FN4O5S/c1-4-43-25-16-24(34)26(44(41,42)18(2)3)15-23(25)30-36-28(19-5-9-21(32)10-6-19)29(20-7-11-22(33)12-8-20)38(30)31(40)37-14-13-35-27(39)17-37/h5-12,15-16,18,28-29H,4,13-14,17H2,1-3H3,(H,35,39). The molecule has 1 saturated heterocycles. The average molecular weight is 662 g/mol. The van der Waals surface area contributed by atoms with E-state index < -0.39 is 43.9 Å². The van der Waals surface area contributed by atoms with Crippen LogP contribution in [0.5, 0.6) is 5.75 Å². The monoisotopic (exact) mass is 660 g/mol. The minimum atomic E-state index is -4.08. The maximum Gasteiger partial charge on any atom is 0.326 e. The van der Waals surface area contributed by atoms with Gasteiger partial charge < -0.3 is 15.0 Å². The molecule has 2 atom stereocenters. The highest BCUT2D eigenvalue weighted by Crippen LogP contribution is 2.46. The van der Waals surface area contributed by atoms with Crippen LogP contribution in [-0.4, -0.2) is 67.5 Å². The predicted octanol–water partition coefficient (Wildman–Crippen LogP) is 5.81. The van der Waals surface area contributed by atoms with Gasteiger partial charge in [0.15, 0.2) is 9.84 Å². The summed E-state index contributed by atoms with van der Waals surface area (Å²) in [5.41, 5.74) is 1.52. The summed E-state index contributed by atoms with van der Waals surface area (Å²) in [5.74, 6) is -1.20. The van der Waals surface area contributed by atoms with Gasteiger partial charge in [0.2, 0.25) is 5.91 Å². The van der Waals surface area contributed by atoms with Crippen LogP contribution in [0.2, 0.25) is 10.0 Å². The second-order valence-corrected chi connectivity index (χ2v) is 14.0. The van der Waals surface area contributed by atoms with E-state index >= 15 is 4.39 Å². The molecule has 2 unspecified atom stereocenters. The molecule has 5 rings (SSSR count). The van der Waals surface area contributed by atoms with Crippen molar-refractivity contribution in [2.45, 2.75) is 43.0 Å². The molecule has 0 bridgehead atoms. The fraction of sp³-hybridized carbons (Fsp3) is 0.323. The highest BCUT2D eigenvalue weighted by atomic mass is 35.5. The van der Waals surface area contributed by atoms with Crippen molar-refractivity contribution in [2.75, 3.05) is 26.2 Å². The molecule has 2 aliphatic heterocycles. The summed E-state index contributed by atoms with van der Waals surface area (Å²) in [6.07, 6.45) is 0. The summed E-state index contributed by atoms with van der Waals surface area (Å²) in [4.78, 5) is 34.1. The number of urea groups is 1. The molecule has 3 aromatic carbocycles. The maximum absolute atomic E-state index is 15.4. The van der Waals surface area contributed by atoms with E-state index in [2.05, 4.69) is 5.32 Å². The number of nitrogens with zero attached hydrogens (tertiary/aromatic N) is 3. The number of benzene rings is 3. The Labute approximate surface area is 265 Å². The number of carbonyl (C=O) groups excluding carboxylic acids is 2. The lowest BCUT2D eigenvalue weighted by molar-refractivity contribution is -0.123. The molecule has 0 aliphatic carbocycles. The molecule has 2 aliphatic rings. The number of sulfone groups is 1. The van der Waals surface area contributed by atoms with E-state index in [9.17, 15) is 18.0 Å². The zero-order valence-corrected chi connectivity index (χ0v) is 26.6. The van der Waals surface area contributed by atoms with Crippen LogP contribution in [0, 0.1) is 5.82 Å². The first-order chi connectivity index (χ1) is 20.9. The van der Waals surface area contributed by atoms with Crippen LogP contribution >= 0.6 is 23.2 Å². The van der Waals surface area contributed by atoms with Gasteiger partial charge in [-0.1, -0.05) is 47.5 Å².